The Bertz CT molecular complexity index is 1380. The third-order valence-electron chi connectivity index (χ3n) is 4.66. The lowest BCUT2D eigenvalue weighted by Crippen LogP contribution is -2.17. The summed E-state index contributed by atoms with van der Waals surface area (Å²) in [4.78, 5) is 16.9. The minimum Gasteiger partial charge on any atom is -0.478 e. The average Bonchev–Trinajstić information content (AvgIpc) is 2.82. The van der Waals surface area contributed by atoms with E-state index in [1.165, 1.54) is 19.4 Å². The molecule has 0 atom stereocenters. The number of para-hydroxylation sites is 1. The van der Waals surface area contributed by atoms with E-state index in [1.807, 2.05) is 26.0 Å². The summed E-state index contributed by atoms with van der Waals surface area (Å²) < 4.78 is 40.2. The summed E-state index contributed by atoms with van der Waals surface area (Å²) in [5.74, 6) is 0.750. The van der Waals surface area contributed by atoms with Gasteiger partial charge in [0.25, 0.3) is 15.9 Å². The number of nitrogens with zero attached hydrogens (tertiary/aromatic N) is 4. The number of ether oxygens (including phenoxy) is 2. The van der Waals surface area contributed by atoms with Gasteiger partial charge in [0.05, 0.1) is 7.11 Å². The Hall–Kier alpha value is -4.05. The molecule has 0 spiro atoms. The van der Waals surface area contributed by atoms with Crippen molar-refractivity contribution in [1.82, 2.24) is 19.9 Å². The van der Waals surface area contributed by atoms with Gasteiger partial charge in [-0.2, -0.15) is 13.4 Å². The Morgan fingerprint density at radius 1 is 0.939 bits per heavy atom. The van der Waals surface area contributed by atoms with E-state index in [4.69, 9.17) is 9.47 Å². The number of anilines is 1. The number of aromatic nitrogens is 4. The van der Waals surface area contributed by atoms with Crippen LogP contribution in [0, 0.1) is 13.8 Å². The van der Waals surface area contributed by atoms with Crippen LogP contribution in [0.5, 0.6) is 17.4 Å². The number of sulfonamides is 1. The molecule has 3 heterocycles. The Labute approximate surface area is 191 Å². The topological polar surface area (TPSA) is 116 Å². The van der Waals surface area contributed by atoms with E-state index < -0.39 is 10.0 Å². The third-order valence-corrected chi connectivity index (χ3v) is 5.92. The molecule has 0 bridgehead atoms. The maximum atomic E-state index is 13.1. The fourth-order valence-corrected chi connectivity index (χ4v) is 3.87. The van der Waals surface area contributed by atoms with Crippen LogP contribution in [-0.2, 0) is 10.0 Å². The van der Waals surface area contributed by atoms with E-state index in [0.29, 0.717) is 11.3 Å². The smallest absolute Gasteiger partial charge is 0.280 e. The summed E-state index contributed by atoms with van der Waals surface area (Å²) in [6.45, 7) is 3.69. The molecule has 0 saturated carbocycles. The minimum atomic E-state index is -4.08. The van der Waals surface area contributed by atoms with Gasteiger partial charge >= 0.3 is 0 Å². The molecule has 0 amide bonds. The molecule has 4 aromatic rings. The molecule has 0 aliphatic carbocycles. The Morgan fingerprint density at radius 3 is 2.36 bits per heavy atom. The highest BCUT2D eigenvalue weighted by Crippen LogP contribution is 2.39. The first-order valence-electron chi connectivity index (χ1n) is 9.93. The molecule has 33 heavy (non-hydrogen) atoms. The fourth-order valence-electron chi connectivity index (χ4n) is 2.93. The normalized spacial score (nSPS) is 11.1. The average molecular weight is 464 g/mol. The predicted octanol–water partition coefficient (Wildman–Crippen LogP) is 4.15. The van der Waals surface area contributed by atoms with E-state index in [0.717, 1.165) is 11.1 Å². The van der Waals surface area contributed by atoms with Crippen molar-refractivity contribution in [3.63, 3.8) is 0 Å². The van der Waals surface area contributed by atoms with Crippen molar-refractivity contribution in [2.75, 3.05) is 11.8 Å². The van der Waals surface area contributed by atoms with Gasteiger partial charge in [-0.05, 0) is 49.2 Å². The van der Waals surface area contributed by atoms with E-state index in [9.17, 15) is 8.42 Å². The lowest BCUT2D eigenvalue weighted by molar-refractivity contribution is 0.363. The van der Waals surface area contributed by atoms with Crippen LogP contribution in [0.25, 0.3) is 11.4 Å². The number of hydrogen-bond acceptors (Lipinski definition) is 8. The second-order valence-corrected chi connectivity index (χ2v) is 8.75. The largest absolute Gasteiger partial charge is 0.478 e. The zero-order chi connectivity index (χ0) is 23.4. The van der Waals surface area contributed by atoms with Gasteiger partial charge < -0.3 is 9.47 Å². The molecule has 3 aromatic heterocycles. The molecule has 0 fully saturated rings. The molecule has 0 aliphatic heterocycles. The van der Waals surface area contributed by atoms with Gasteiger partial charge in [-0.15, -0.1) is 0 Å². The monoisotopic (exact) mass is 463 g/mol. The molecule has 9 nitrogen and oxygen atoms in total. The SMILES string of the molecule is COc1nc(-c2ccncc2)nc(NS(=O)(=O)c2ccc(C)cn2)c1Oc1ccccc1C. The Morgan fingerprint density at radius 2 is 1.70 bits per heavy atom. The molecular weight excluding hydrogens is 442 g/mol. The molecular formula is C23H21N5O4S. The first-order valence-corrected chi connectivity index (χ1v) is 11.4. The highest BCUT2D eigenvalue weighted by Gasteiger charge is 2.25. The van der Waals surface area contributed by atoms with Crippen molar-refractivity contribution in [3.05, 3.63) is 78.2 Å². The molecule has 10 heteroatoms. The van der Waals surface area contributed by atoms with Crippen LogP contribution < -0.4 is 14.2 Å². The molecule has 168 valence electrons. The summed E-state index contributed by atoms with van der Waals surface area (Å²) >= 11 is 0. The van der Waals surface area contributed by atoms with Gasteiger partial charge in [0.15, 0.2) is 16.7 Å². The van der Waals surface area contributed by atoms with Crippen LogP contribution >= 0.6 is 0 Å². The van der Waals surface area contributed by atoms with Gasteiger partial charge in [0.2, 0.25) is 5.75 Å². The molecule has 0 radical (unpaired) electrons. The Balaban J connectivity index is 1.85. The summed E-state index contributed by atoms with van der Waals surface area (Å²) in [5, 5.41) is -0.155. The summed E-state index contributed by atoms with van der Waals surface area (Å²) in [6, 6.07) is 13.8. The van der Waals surface area contributed by atoms with E-state index in [-0.39, 0.29) is 28.3 Å². The first kappa shape index (κ1) is 22.2. The van der Waals surface area contributed by atoms with E-state index >= 15 is 0 Å². The highest BCUT2D eigenvalue weighted by molar-refractivity contribution is 7.92. The summed E-state index contributed by atoms with van der Waals surface area (Å²) in [6.07, 6.45) is 4.65. The van der Waals surface area contributed by atoms with E-state index in [1.54, 1.807) is 42.7 Å². The third kappa shape index (κ3) is 4.90. The number of aryl methyl sites for hydroxylation is 2. The molecule has 1 N–H and O–H groups in total. The van der Waals surface area contributed by atoms with Crippen LogP contribution in [0.4, 0.5) is 5.82 Å². The van der Waals surface area contributed by atoms with Gasteiger partial charge in [-0.1, -0.05) is 24.3 Å². The number of benzene rings is 1. The van der Waals surface area contributed by atoms with Crippen LogP contribution in [0.2, 0.25) is 0 Å². The van der Waals surface area contributed by atoms with Crippen LogP contribution in [-0.4, -0.2) is 35.5 Å². The van der Waals surface area contributed by atoms with Crippen LogP contribution in [0.3, 0.4) is 0 Å². The van der Waals surface area contributed by atoms with Crippen LogP contribution in [0.15, 0.2) is 72.1 Å². The zero-order valence-electron chi connectivity index (χ0n) is 18.2. The standard InChI is InChI=1S/C23H21N5O4S/c1-15-8-9-19(25-14-15)33(29,30)28-22-20(32-18-7-5-4-6-16(18)2)23(31-3)27-21(26-22)17-10-12-24-13-11-17/h4-14H,1-3H3,(H,26,27,28). The molecule has 4 rings (SSSR count). The zero-order valence-corrected chi connectivity index (χ0v) is 19.0. The van der Waals surface area contributed by atoms with Crippen molar-refractivity contribution in [3.8, 4) is 28.8 Å². The number of nitrogens with one attached hydrogen (secondary N) is 1. The summed E-state index contributed by atoms with van der Waals surface area (Å²) in [5.41, 5.74) is 2.30. The van der Waals surface area contributed by atoms with Crippen molar-refractivity contribution < 1.29 is 17.9 Å². The quantitative estimate of drug-likeness (QED) is 0.434. The number of methoxy groups -OCH3 is 1. The number of rotatable bonds is 7. The van der Waals surface area contributed by atoms with Crippen LogP contribution in [0.1, 0.15) is 11.1 Å². The van der Waals surface area contributed by atoms with Crippen molar-refractivity contribution in [2.45, 2.75) is 18.9 Å². The molecule has 0 saturated heterocycles. The fraction of sp³-hybridized carbons (Fsp3) is 0.130. The molecule has 0 aliphatic rings. The van der Waals surface area contributed by atoms with E-state index in [2.05, 4.69) is 24.7 Å². The lowest BCUT2D eigenvalue weighted by atomic mass is 10.2. The highest BCUT2D eigenvalue weighted by atomic mass is 32.2. The first-order chi connectivity index (χ1) is 15.9. The molecule has 1 aromatic carbocycles. The summed E-state index contributed by atoms with van der Waals surface area (Å²) in [7, 11) is -2.66. The van der Waals surface area contributed by atoms with Gasteiger partial charge in [-0.3, -0.25) is 9.71 Å². The second kappa shape index (κ2) is 9.21. The Kier molecular flexibility index (Phi) is 6.18. The minimum absolute atomic E-state index is 0.0280. The van der Waals surface area contributed by atoms with Crippen molar-refractivity contribution in [1.29, 1.82) is 0 Å². The van der Waals surface area contributed by atoms with Crippen molar-refractivity contribution >= 4 is 15.8 Å². The maximum Gasteiger partial charge on any atom is 0.280 e. The number of hydrogen-bond donors (Lipinski definition) is 1. The predicted molar refractivity (Wildman–Crippen MR) is 123 cm³/mol. The molecule has 0 unspecified atom stereocenters. The second-order valence-electron chi connectivity index (χ2n) is 7.12. The van der Waals surface area contributed by atoms with Gasteiger partial charge in [-0.25, -0.2) is 9.97 Å². The van der Waals surface area contributed by atoms with Gasteiger partial charge in [0, 0.05) is 24.2 Å². The van der Waals surface area contributed by atoms with Crippen molar-refractivity contribution in [2.24, 2.45) is 0 Å². The van der Waals surface area contributed by atoms with Gasteiger partial charge in [0.1, 0.15) is 5.75 Å². The number of pyridine rings is 2. The lowest BCUT2D eigenvalue weighted by Gasteiger charge is -2.17. The maximum absolute atomic E-state index is 13.1.